The Kier molecular flexibility index (Phi) is 5.65. The van der Waals surface area contributed by atoms with Crippen LogP contribution in [0.15, 0.2) is 18.2 Å². The van der Waals surface area contributed by atoms with Crippen molar-refractivity contribution in [1.82, 2.24) is 15.1 Å². The number of aryl methyl sites for hydroxylation is 2. The number of benzene rings is 1. The molecule has 2 aromatic rings. The Bertz CT molecular complexity index is 884. The third-order valence-electron chi connectivity index (χ3n) is 5.95. The maximum absolute atomic E-state index is 12.4. The van der Waals surface area contributed by atoms with Crippen molar-refractivity contribution in [2.45, 2.75) is 64.5 Å². The summed E-state index contributed by atoms with van der Waals surface area (Å²) in [6.07, 6.45) is 5.14. The Labute approximate surface area is 171 Å². The molecule has 1 amide bonds. The van der Waals surface area contributed by atoms with Crippen molar-refractivity contribution in [3.63, 3.8) is 0 Å². The lowest BCUT2D eigenvalue weighted by Gasteiger charge is -2.29. The predicted octanol–water partition coefficient (Wildman–Crippen LogP) is 3.20. The summed E-state index contributed by atoms with van der Waals surface area (Å²) in [7, 11) is 1.94. The summed E-state index contributed by atoms with van der Waals surface area (Å²) >= 11 is 0. The second-order valence-electron chi connectivity index (χ2n) is 7.95. The number of hydrogen-bond donors (Lipinski definition) is 1. The molecule has 29 heavy (non-hydrogen) atoms. The van der Waals surface area contributed by atoms with Crippen LogP contribution in [0.2, 0.25) is 0 Å². The minimum absolute atomic E-state index is 0.118. The Morgan fingerprint density at radius 3 is 2.69 bits per heavy atom. The summed E-state index contributed by atoms with van der Waals surface area (Å²) in [4.78, 5) is 12.4. The first-order chi connectivity index (χ1) is 14.0. The first-order valence-corrected chi connectivity index (χ1v) is 10.3. The fourth-order valence-corrected chi connectivity index (χ4v) is 4.19. The van der Waals surface area contributed by atoms with Crippen molar-refractivity contribution in [2.24, 2.45) is 7.05 Å². The summed E-state index contributed by atoms with van der Waals surface area (Å²) in [5, 5.41) is 7.62. The van der Waals surface area contributed by atoms with Crippen LogP contribution in [0, 0.1) is 13.8 Å². The van der Waals surface area contributed by atoms with Gasteiger partial charge in [-0.2, -0.15) is 5.10 Å². The Morgan fingerprint density at radius 1 is 1.21 bits per heavy atom. The van der Waals surface area contributed by atoms with Crippen molar-refractivity contribution in [1.29, 1.82) is 0 Å². The van der Waals surface area contributed by atoms with Gasteiger partial charge in [-0.15, -0.1) is 0 Å². The molecule has 0 bridgehead atoms. The average Bonchev–Trinajstić information content (AvgIpc) is 3.26. The van der Waals surface area contributed by atoms with Crippen LogP contribution in [-0.4, -0.2) is 34.6 Å². The van der Waals surface area contributed by atoms with Gasteiger partial charge in [0.05, 0.1) is 11.8 Å². The number of aromatic nitrogens is 2. The molecule has 1 aromatic carbocycles. The van der Waals surface area contributed by atoms with Gasteiger partial charge in [-0.3, -0.25) is 9.48 Å². The quantitative estimate of drug-likeness (QED) is 0.807. The van der Waals surface area contributed by atoms with Crippen LogP contribution in [0.25, 0.3) is 0 Å². The molecule has 7 nitrogen and oxygen atoms in total. The lowest BCUT2D eigenvalue weighted by atomic mass is 9.92. The molecule has 7 heteroatoms. The van der Waals surface area contributed by atoms with Gasteiger partial charge in [-0.1, -0.05) is 0 Å². The fraction of sp³-hybridized carbons (Fsp3) is 0.545. The maximum Gasteiger partial charge on any atom is 0.231 e. The van der Waals surface area contributed by atoms with Gasteiger partial charge in [0.2, 0.25) is 12.7 Å². The van der Waals surface area contributed by atoms with Crippen LogP contribution < -0.4 is 19.5 Å². The molecule has 1 fully saturated rings. The fourth-order valence-electron chi connectivity index (χ4n) is 4.19. The van der Waals surface area contributed by atoms with E-state index in [0.29, 0.717) is 6.42 Å². The van der Waals surface area contributed by atoms with Crippen LogP contribution in [0.5, 0.6) is 17.2 Å². The number of carbonyl (C=O) groups excluding carboxylic acids is 1. The van der Waals surface area contributed by atoms with Crippen LogP contribution in [0.4, 0.5) is 0 Å². The van der Waals surface area contributed by atoms with Crippen LogP contribution in [0.1, 0.15) is 49.1 Å². The standard InChI is InChI=1S/C22H29N3O4/c1-14-19(15(2)25(3)24-14)9-11-22(26)23-16-4-6-17(7-5-16)29-18-8-10-20-21(12-18)28-13-27-20/h8,10,12,16-17H,4-7,9,11,13H2,1-3H3,(H,23,26). The molecule has 4 rings (SSSR count). The second kappa shape index (κ2) is 8.35. The molecule has 156 valence electrons. The normalized spacial score (nSPS) is 20.5. The van der Waals surface area contributed by atoms with Gasteiger partial charge >= 0.3 is 0 Å². The lowest BCUT2D eigenvalue weighted by molar-refractivity contribution is -0.122. The Morgan fingerprint density at radius 2 is 1.97 bits per heavy atom. The Balaban J connectivity index is 1.21. The van der Waals surface area contributed by atoms with Crippen molar-refractivity contribution in [3.8, 4) is 17.2 Å². The van der Waals surface area contributed by atoms with E-state index in [0.717, 1.165) is 60.7 Å². The molecule has 0 saturated heterocycles. The number of nitrogens with zero attached hydrogens (tertiary/aromatic N) is 2. The van der Waals surface area contributed by atoms with E-state index in [4.69, 9.17) is 14.2 Å². The van der Waals surface area contributed by atoms with E-state index >= 15 is 0 Å². The molecule has 0 atom stereocenters. The first-order valence-electron chi connectivity index (χ1n) is 10.3. The molecule has 0 spiro atoms. The van der Waals surface area contributed by atoms with Gasteiger partial charge in [-0.25, -0.2) is 0 Å². The zero-order valence-electron chi connectivity index (χ0n) is 17.4. The monoisotopic (exact) mass is 399 g/mol. The van der Waals surface area contributed by atoms with Gasteiger partial charge in [-0.05, 0) is 63.6 Å². The summed E-state index contributed by atoms with van der Waals surface area (Å²) in [5.74, 6) is 2.43. The molecule has 2 aliphatic rings. The zero-order chi connectivity index (χ0) is 20.4. The number of carbonyl (C=O) groups is 1. The topological polar surface area (TPSA) is 74.6 Å². The molecule has 1 saturated carbocycles. The summed E-state index contributed by atoms with van der Waals surface area (Å²) in [6, 6.07) is 5.92. The highest BCUT2D eigenvalue weighted by Gasteiger charge is 2.24. The van der Waals surface area contributed by atoms with Gasteiger partial charge in [0, 0.05) is 31.3 Å². The van der Waals surface area contributed by atoms with E-state index in [9.17, 15) is 4.79 Å². The van der Waals surface area contributed by atoms with Crippen LogP contribution in [-0.2, 0) is 18.3 Å². The largest absolute Gasteiger partial charge is 0.490 e. The van der Waals surface area contributed by atoms with Gasteiger partial charge < -0.3 is 19.5 Å². The smallest absolute Gasteiger partial charge is 0.231 e. The number of hydrogen-bond acceptors (Lipinski definition) is 5. The minimum Gasteiger partial charge on any atom is -0.490 e. The number of fused-ring (bicyclic) bond motifs is 1. The molecular weight excluding hydrogens is 370 g/mol. The zero-order valence-corrected chi connectivity index (χ0v) is 17.4. The highest BCUT2D eigenvalue weighted by atomic mass is 16.7. The Hall–Kier alpha value is -2.70. The summed E-state index contributed by atoms with van der Waals surface area (Å²) in [6.45, 7) is 4.32. The molecule has 1 N–H and O–H groups in total. The lowest BCUT2D eigenvalue weighted by Crippen LogP contribution is -2.39. The molecule has 1 aromatic heterocycles. The molecule has 0 unspecified atom stereocenters. The van der Waals surface area contributed by atoms with Crippen LogP contribution in [0.3, 0.4) is 0 Å². The third kappa shape index (κ3) is 4.49. The summed E-state index contributed by atoms with van der Waals surface area (Å²) < 4.78 is 18.7. The van der Waals surface area contributed by atoms with E-state index < -0.39 is 0 Å². The second-order valence-corrected chi connectivity index (χ2v) is 7.95. The van der Waals surface area contributed by atoms with Crippen molar-refractivity contribution < 1.29 is 19.0 Å². The van der Waals surface area contributed by atoms with E-state index in [-0.39, 0.29) is 24.8 Å². The number of ether oxygens (including phenoxy) is 3. The van der Waals surface area contributed by atoms with Gasteiger partial charge in [0.1, 0.15) is 5.75 Å². The van der Waals surface area contributed by atoms with Gasteiger partial charge in [0.25, 0.3) is 0 Å². The van der Waals surface area contributed by atoms with Crippen LogP contribution >= 0.6 is 0 Å². The number of nitrogens with one attached hydrogen (secondary N) is 1. The van der Waals surface area contributed by atoms with E-state index in [1.807, 2.05) is 36.9 Å². The van der Waals surface area contributed by atoms with Crippen molar-refractivity contribution in [3.05, 3.63) is 35.2 Å². The van der Waals surface area contributed by atoms with Crippen molar-refractivity contribution >= 4 is 5.91 Å². The molecule has 1 aliphatic carbocycles. The molecular formula is C22H29N3O4. The SMILES string of the molecule is Cc1nn(C)c(C)c1CCC(=O)NC1CCC(Oc2ccc3c(c2)OCO3)CC1. The molecule has 2 heterocycles. The summed E-state index contributed by atoms with van der Waals surface area (Å²) in [5.41, 5.74) is 3.33. The third-order valence-corrected chi connectivity index (χ3v) is 5.95. The minimum atomic E-state index is 0.118. The first kappa shape index (κ1) is 19.6. The number of amides is 1. The molecule has 0 radical (unpaired) electrons. The van der Waals surface area contributed by atoms with E-state index in [1.165, 1.54) is 5.56 Å². The number of rotatable bonds is 6. The van der Waals surface area contributed by atoms with Crippen molar-refractivity contribution in [2.75, 3.05) is 6.79 Å². The average molecular weight is 399 g/mol. The highest BCUT2D eigenvalue weighted by molar-refractivity contribution is 5.76. The predicted molar refractivity (Wildman–Crippen MR) is 108 cm³/mol. The molecule has 1 aliphatic heterocycles. The van der Waals surface area contributed by atoms with E-state index in [2.05, 4.69) is 17.3 Å². The van der Waals surface area contributed by atoms with Gasteiger partial charge in [0.15, 0.2) is 11.5 Å². The highest BCUT2D eigenvalue weighted by Crippen LogP contribution is 2.36. The van der Waals surface area contributed by atoms with E-state index in [1.54, 1.807) is 0 Å². The maximum atomic E-state index is 12.4.